The van der Waals surface area contributed by atoms with Gasteiger partial charge in [0.2, 0.25) is 0 Å². The molecule has 1 aliphatic carbocycles. The van der Waals surface area contributed by atoms with Crippen molar-refractivity contribution < 1.29 is 5.11 Å². The molecule has 0 saturated heterocycles. The summed E-state index contributed by atoms with van der Waals surface area (Å²) < 4.78 is 2.29. The zero-order valence-corrected chi connectivity index (χ0v) is 13.0. The fourth-order valence-electron chi connectivity index (χ4n) is 3.63. The number of hydrogen-bond donors (Lipinski definition) is 1. The molecule has 114 valence electrons. The Morgan fingerprint density at radius 2 is 2.00 bits per heavy atom. The van der Waals surface area contributed by atoms with E-state index in [4.69, 9.17) is 4.98 Å². The summed E-state index contributed by atoms with van der Waals surface area (Å²) in [6, 6.07) is 8.30. The Morgan fingerprint density at radius 3 is 2.76 bits per heavy atom. The second kappa shape index (κ2) is 6.61. The highest BCUT2D eigenvalue weighted by atomic mass is 16.3. The summed E-state index contributed by atoms with van der Waals surface area (Å²) in [5.41, 5.74) is 2.25. The summed E-state index contributed by atoms with van der Waals surface area (Å²) in [5, 5.41) is 10.6. The van der Waals surface area contributed by atoms with E-state index >= 15 is 0 Å². The van der Waals surface area contributed by atoms with Crippen molar-refractivity contribution in [2.75, 3.05) is 0 Å². The van der Waals surface area contributed by atoms with E-state index < -0.39 is 0 Å². The van der Waals surface area contributed by atoms with Crippen molar-refractivity contribution in [3.05, 3.63) is 30.1 Å². The summed E-state index contributed by atoms with van der Waals surface area (Å²) >= 11 is 0. The van der Waals surface area contributed by atoms with Gasteiger partial charge in [0.25, 0.3) is 0 Å². The molecule has 1 aliphatic rings. The third-order valence-corrected chi connectivity index (χ3v) is 4.77. The molecule has 0 radical (unpaired) electrons. The first-order valence-electron chi connectivity index (χ1n) is 8.41. The first-order valence-corrected chi connectivity index (χ1v) is 8.41. The van der Waals surface area contributed by atoms with Gasteiger partial charge < -0.3 is 9.67 Å². The average Bonchev–Trinajstić information content (AvgIpc) is 2.86. The second-order valence-corrected chi connectivity index (χ2v) is 6.34. The molecule has 1 fully saturated rings. The van der Waals surface area contributed by atoms with E-state index in [2.05, 4.69) is 29.7 Å². The van der Waals surface area contributed by atoms with Crippen molar-refractivity contribution in [3.63, 3.8) is 0 Å². The number of nitrogens with zero attached hydrogens (tertiary/aromatic N) is 2. The van der Waals surface area contributed by atoms with Crippen molar-refractivity contribution in [1.29, 1.82) is 0 Å². The first kappa shape index (κ1) is 14.6. The number of aryl methyl sites for hydroxylation is 1. The van der Waals surface area contributed by atoms with Gasteiger partial charge in [-0.1, -0.05) is 38.3 Å². The van der Waals surface area contributed by atoms with Gasteiger partial charge in [0.15, 0.2) is 0 Å². The summed E-state index contributed by atoms with van der Waals surface area (Å²) in [6.07, 6.45) is 7.77. The number of aliphatic hydroxyl groups excluding tert-OH is 1. The maximum Gasteiger partial charge on any atom is 0.112 e. The molecule has 1 unspecified atom stereocenters. The van der Waals surface area contributed by atoms with Crippen LogP contribution in [-0.2, 0) is 13.0 Å². The number of aromatic nitrogens is 2. The molecule has 2 aromatic rings. The van der Waals surface area contributed by atoms with Crippen molar-refractivity contribution >= 4 is 11.0 Å². The van der Waals surface area contributed by atoms with Crippen LogP contribution in [0.3, 0.4) is 0 Å². The molecule has 3 nitrogen and oxygen atoms in total. The number of aliphatic hydroxyl groups is 1. The molecular weight excluding hydrogens is 260 g/mol. The molecular formula is C18H26N2O. The van der Waals surface area contributed by atoms with E-state index in [1.807, 2.05) is 6.07 Å². The Kier molecular flexibility index (Phi) is 4.59. The van der Waals surface area contributed by atoms with Crippen LogP contribution in [0.15, 0.2) is 24.3 Å². The van der Waals surface area contributed by atoms with Gasteiger partial charge in [-0.2, -0.15) is 0 Å². The predicted molar refractivity (Wildman–Crippen MR) is 86.3 cm³/mol. The number of para-hydroxylation sites is 2. The van der Waals surface area contributed by atoms with Crippen LogP contribution in [0.2, 0.25) is 0 Å². The predicted octanol–water partition coefficient (Wildman–Crippen LogP) is 3.93. The quantitative estimate of drug-likeness (QED) is 0.904. The maximum absolute atomic E-state index is 10.6. The molecule has 0 aliphatic heterocycles. The highest BCUT2D eigenvalue weighted by molar-refractivity contribution is 5.75. The highest BCUT2D eigenvalue weighted by Crippen LogP contribution is 2.28. The number of fused-ring (bicyclic) bond motifs is 1. The fourth-order valence-corrected chi connectivity index (χ4v) is 3.63. The van der Waals surface area contributed by atoms with E-state index in [9.17, 15) is 5.11 Å². The van der Waals surface area contributed by atoms with Crippen LogP contribution in [-0.4, -0.2) is 20.8 Å². The van der Waals surface area contributed by atoms with Crippen LogP contribution in [0.5, 0.6) is 0 Å². The topological polar surface area (TPSA) is 38.0 Å². The minimum atomic E-state index is -0.238. The van der Waals surface area contributed by atoms with Gasteiger partial charge in [-0.3, -0.25) is 0 Å². The van der Waals surface area contributed by atoms with Crippen LogP contribution >= 0.6 is 0 Å². The average molecular weight is 286 g/mol. The molecule has 1 aromatic heterocycles. The van der Waals surface area contributed by atoms with Crippen molar-refractivity contribution in [2.45, 2.75) is 64.5 Å². The van der Waals surface area contributed by atoms with Crippen LogP contribution in [0.4, 0.5) is 0 Å². The molecule has 1 N–H and O–H groups in total. The van der Waals surface area contributed by atoms with E-state index in [1.54, 1.807) is 0 Å². The maximum atomic E-state index is 10.6. The van der Waals surface area contributed by atoms with Gasteiger partial charge in [-0.25, -0.2) is 4.98 Å². The molecule has 0 amide bonds. The van der Waals surface area contributed by atoms with E-state index in [0.717, 1.165) is 24.3 Å². The van der Waals surface area contributed by atoms with Crippen LogP contribution in [0.25, 0.3) is 11.0 Å². The number of benzene rings is 1. The van der Waals surface area contributed by atoms with E-state index in [-0.39, 0.29) is 6.10 Å². The zero-order valence-electron chi connectivity index (χ0n) is 13.0. The summed E-state index contributed by atoms with van der Waals surface area (Å²) in [4.78, 5) is 4.77. The molecule has 1 heterocycles. The molecule has 0 bridgehead atoms. The van der Waals surface area contributed by atoms with Crippen LogP contribution in [0.1, 0.15) is 51.3 Å². The normalized spacial score (nSPS) is 18.2. The Balaban J connectivity index is 1.83. The third-order valence-electron chi connectivity index (χ3n) is 4.77. The Hall–Kier alpha value is -1.35. The molecule has 1 saturated carbocycles. The number of rotatable bonds is 5. The Labute approximate surface area is 127 Å². The minimum absolute atomic E-state index is 0.238. The molecule has 1 atom stereocenters. The van der Waals surface area contributed by atoms with Gasteiger partial charge in [-0.05, 0) is 37.3 Å². The standard InChI is InChI=1S/C18H26N2O/c1-2-12-20-16-11-7-6-10-15(16)19-18(20)13-17(21)14-8-4-3-5-9-14/h6-7,10-11,14,17,21H,2-5,8-9,12-13H2,1H3. The van der Waals surface area contributed by atoms with Crippen LogP contribution in [0, 0.1) is 5.92 Å². The first-order chi connectivity index (χ1) is 10.3. The van der Waals surface area contributed by atoms with Crippen molar-refractivity contribution in [2.24, 2.45) is 5.92 Å². The third kappa shape index (κ3) is 3.13. The summed E-state index contributed by atoms with van der Waals surface area (Å²) in [5.74, 6) is 1.52. The summed E-state index contributed by atoms with van der Waals surface area (Å²) in [6.45, 7) is 3.17. The van der Waals surface area contributed by atoms with Gasteiger partial charge in [0.05, 0.1) is 17.1 Å². The molecule has 3 rings (SSSR count). The molecule has 1 aromatic carbocycles. The monoisotopic (exact) mass is 286 g/mol. The molecule has 21 heavy (non-hydrogen) atoms. The largest absolute Gasteiger partial charge is 0.392 e. The van der Waals surface area contributed by atoms with Crippen LogP contribution < -0.4 is 0 Å². The lowest BCUT2D eigenvalue weighted by atomic mass is 9.84. The number of hydrogen-bond acceptors (Lipinski definition) is 2. The van der Waals surface area contributed by atoms with Gasteiger partial charge in [0.1, 0.15) is 5.82 Å². The zero-order chi connectivity index (χ0) is 14.7. The fraction of sp³-hybridized carbons (Fsp3) is 0.611. The van der Waals surface area contributed by atoms with Gasteiger partial charge in [0, 0.05) is 13.0 Å². The summed E-state index contributed by atoms with van der Waals surface area (Å²) in [7, 11) is 0. The van der Waals surface area contributed by atoms with E-state index in [0.29, 0.717) is 12.3 Å². The van der Waals surface area contributed by atoms with E-state index in [1.165, 1.54) is 37.6 Å². The highest BCUT2D eigenvalue weighted by Gasteiger charge is 2.24. The SMILES string of the molecule is CCCn1c(CC(O)C2CCCCC2)nc2ccccc21. The van der Waals surface area contributed by atoms with Gasteiger partial charge in [-0.15, -0.1) is 0 Å². The lowest BCUT2D eigenvalue weighted by Crippen LogP contribution is -2.26. The molecule has 0 spiro atoms. The van der Waals surface area contributed by atoms with Gasteiger partial charge >= 0.3 is 0 Å². The second-order valence-electron chi connectivity index (χ2n) is 6.34. The van der Waals surface area contributed by atoms with Crippen molar-refractivity contribution in [1.82, 2.24) is 9.55 Å². The molecule has 3 heteroatoms. The Bertz CT molecular complexity index is 584. The van der Waals surface area contributed by atoms with Crippen molar-refractivity contribution in [3.8, 4) is 0 Å². The smallest absolute Gasteiger partial charge is 0.112 e. The lowest BCUT2D eigenvalue weighted by molar-refractivity contribution is 0.0827. The Morgan fingerprint density at radius 1 is 1.24 bits per heavy atom. The lowest BCUT2D eigenvalue weighted by Gasteiger charge is -2.26. The minimum Gasteiger partial charge on any atom is -0.392 e. The number of imidazole rings is 1.